The van der Waals surface area contributed by atoms with Gasteiger partial charge < -0.3 is 5.32 Å². The molecule has 0 fully saturated rings. The Labute approximate surface area is 90.7 Å². The Kier molecular flexibility index (Phi) is 4.43. The van der Waals surface area contributed by atoms with Crippen LogP contribution in [0.5, 0.6) is 0 Å². The summed E-state index contributed by atoms with van der Waals surface area (Å²) in [4.78, 5) is 11.4. The molecule has 1 aromatic rings. The zero-order valence-corrected chi connectivity index (χ0v) is 9.13. The Bertz CT molecular complexity index is 381. The number of aryl methyl sites for hydroxylation is 1. The van der Waals surface area contributed by atoms with Crippen LogP contribution in [0.1, 0.15) is 18.1 Å². The Morgan fingerprint density at radius 1 is 1.33 bits per heavy atom. The van der Waals surface area contributed by atoms with Crippen molar-refractivity contribution in [3.63, 3.8) is 0 Å². The van der Waals surface area contributed by atoms with Crippen LogP contribution in [0.2, 0.25) is 0 Å². The van der Waals surface area contributed by atoms with E-state index in [0.717, 1.165) is 5.56 Å². The smallest absolute Gasteiger partial charge is 0.225 e. The molecule has 15 heavy (non-hydrogen) atoms. The summed E-state index contributed by atoms with van der Waals surface area (Å²) in [5, 5.41) is 2.73. The first-order chi connectivity index (χ1) is 7.22. The van der Waals surface area contributed by atoms with E-state index in [1.165, 1.54) is 5.56 Å². The molecule has 1 amide bonds. The number of hydrogen-bond donors (Lipinski definition) is 1. The van der Waals surface area contributed by atoms with Gasteiger partial charge in [-0.3, -0.25) is 4.79 Å². The fourth-order valence-corrected chi connectivity index (χ4v) is 1.18. The van der Waals surface area contributed by atoms with Gasteiger partial charge in [0.25, 0.3) is 0 Å². The number of benzene rings is 1. The maximum Gasteiger partial charge on any atom is 0.225 e. The van der Waals surface area contributed by atoms with Gasteiger partial charge in [0, 0.05) is 0 Å². The van der Waals surface area contributed by atoms with E-state index >= 15 is 0 Å². The van der Waals surface area contributed by atoms with Crippen LogP contribution in [0.4, 0.5) is 0 Å². The minimum absolute atomic E-state index is 0.0154. The highest BCUT2D eigenvalue weighted by atomic mass is 16.1. The number of nitrogens with one attached hydrogen (secondary N) is 1. The van der Waals surface area contributed by atoms with Crippen LogP contribution in [0.25, 0.3) is 0 Å². The lowest BCUT2D eigenvalue weighted by Gasteiger charge is -2.02. The normalized spacial score (nSPS) is 8.93. The Hall–Kier alpha value is -1.75. The van der Waals surface area contributed by atoms with E-state index in [-0.39, 0.29) is 5.91 Å². The van der Waals surface area contributed by atoms with Crippen molar-refractivity contribution in [2.75, 3.05) is 6.54 Å². The van der Waals surface area contributed by atoms with Gasteiger partial charge in [-0.2, -0.15) is 0 Å². The van der Waals surface area contributed by atoms with Crippen molar-refractivity contribution < 1.29 is 4.79 Å². The van der Waals surface area contributed by atoms with Gasteiger partial charge in [0.05, 0.1) is 13.0 Å². The molecular weight excluding hydrogens is 186 g/mol. The first kappa shape index (κ1) is 11.3. The Balaban J connectivity index is 2.43. The number of amides is 1. The van der Waals surface area contributed by atoms with Gasteiger partial charge >= 0.3 is 0 Å². The van der Waals surface area contributed by atoms with E-state index in [0.29, 0.717) is 13.0 Å². The van der Waals surface area contributed by atoms with E-state index in [9.17, 15) is 4.79 Å². The number of carbonyl (C=O) groups excluding carboxylic acids is 1. The van der Waals surface area contributed by atoms with Crippen LogP contribution in [0, 0.1) is 18.8 Å². The third-order valence-corrected chi connectivity index (χ3v) is 2.04. The van der Waals surface area contributed by atoms with Crippen LogP contribution in [-0.2, 0) is 11.2 Å². The summed E-state index contributed by atoms with van der Waals surface area (Å²) < 4.78 is 0. The molecule has 0 spiro atoms. The zero-order chi connectivity index (χ0) is 11.1. The molecule has 0 saturated heterocycles. The average molecular weight is 201 g/mol. The standard InChI is InChI=1S/C13H15NO/c1-3-4-9-14-13(15)10-12-7-5-11(2)6-8-12/h5-8H,9-10H2,1-2H3,(H,14,15). The van der Waals surface area contributed by atoms with Crippen LogP contribution in [0.3, 0.4) is 0 Å². The van der Waals surface area contributed by atoms with Gasteiger partial charge in [0.1, 0.15) is 0 Å². The monoisotopic (exact) mass is 201 g/mol. The lowest BCUT2D eigenvalue weighted by atomic mass is 10.1. The summed E-state index contributed by atoms with van der Waals surface area (Å²) in [5.74, 6) is 5.54. The van der Waals surface area contributed by atoms with Crippen molar-refractivity contribution >= 4 is 5.91 Å². The van der Waals surface area contributed by atoms with Crippen molar-refractivity contribution in [3.8, 4) is 11.8 Å². The fourth-order valence-electron chi connectivity index (χ4n) is 1.18. The molecule has 1 rings (SSSR count). The molecule has 1 N–H and O–H groups in total. The van der Waals surface area contributed by atoms with Crippen molar-refractivity contribution in [1.82, 2.24) is 5.32 Å². The second-order valence-corrected chi connectivity index (χ2v) is 3.37. The van der Waals surface area contributed by atoms with Crippen LogP contribution < -0.4 is 5.32 Å². The van der Waals surface area contributed by atoms with Crippen molar-refractivity contribution in [1.29, 1.82) is 0 Å². The molecule has 78 valence electrons. The second kappa shape index (κ2) is 5.87. The van der Waals surface area contributed by atoms with Gasteiger partial charge in [-0.05, 0) is 19.4 Å². The quantitative estimate of drug-likeness (QED) is 0.741. The predicted molar refractivity (Wildman–Crippen MR) is 61.3 cm³/mol. The Morgan fingerprint density at radius 2 is 2.00 bits per heavy atom. The largest absolute Gasteiger partial charge is 0.345 e. The maximum atomic E-state index is 11.4. The molecule has 0 atom stereocenters. The van der Waals surface area contributed by atoms with Crippen molar-refractivity contribution in [3.05, 3.63) is 35.4 Å². The summed E-state index contributed by atoms with van der Waals surface area (Å²) in [5.41, 5.74) is 2.23. The molecule has 0 aliphatic carbocycles. The molecule has 0 aromatic heterocycles. The first-order valence-corrected chi connectivity index (χ1v) is 4.94. The van der Waals surface area contributed by atoms with Gasteiger partial charge in [-0.25, -0.2) is 0 Å². The predicted octanol–water partition coefficient (Wildman–Crippen LogP) is 1.68. The maximum absolute atomic E-state index is 11.4. The molecule has 0 radical (unpaired) electrons. The van der Waals surface area contributed by atoms with E-state index in [4.69, 9.17) is 0 Å². The average Bonchev–Trinajstić information content (AvgIpc) is 2.22. The molecular formula is C13H15NO. The molecule has 0 aliphatic rings. The summed E-state index contributed by atoms with van der Waals surface area (Å²) in [7, 11) is 0. The highest BCUT2D eigenvalue weighted by Crippen LogP contribution is 2.03. The third-order valence-electron chi connectivity index (χ3n) is 2.04. The van der Waals surface area contributed by atoms with Crippen LogP contribution >= 0.6 is 0 Å². The molecule has 2 heteroatoms. The van der Waals surface area contributed by atoms with Crippen molar-refractivity contribution in [2.45, 2.75) is 20.3 Å². The summed E-state index contributed by atoms with van der Waals surface area (Å²) >= 11 is 0. The molecule has 0 bridgehead atoms. The van der Waals surface area contributed by atoms with Gasteiger partial charge in [0.15, 0.2) is 0 Å². The highest BCUT2D eigenvalue weighted by molar-refractivity contribution is 5.78. The van der Waals surface area contributed by atoms with E-state index in [1.54, 1.807) is 6.92 Å². The molecule has 1 aromatic carbocycles. The highest BCUT2D eigenvalue weighted by Gasteiger charge is 2.00. The summed E-state index contributed by atoms with van der Waals surface area (Å²) in [6.45, 7) is 4.22. The molecule has 2 nitrogen and oxygen atoms in total. The lowest BCUT2D eigenvalue weighted by molar-refractivity contribution is -0.120. The minimum atomic E-state index is 0.0154. The number of hydrogen-bond acceptors (Lipinski definition) is 1. The van der Waals surface area contributed by atoms with Crippen LogP contribution in [-0.4, -0.2) is 12.5 Å². The van der Waals surface area contributed by atoms with Gasteiger partial charge in [-0.15, -0.1) is 5.92 Å². The molecule has 0 aliphatic heterocycles. The van der Waals surface area contributed by atoms with Crippen molar-refractivity contribution in [2.24, 2.45) is 0 Å². The molecule has 0 heterocycles. The van der Waals surface area contributed by atoms with E-state index in [1.807, 2.05) is 31.2 Å². The summed E-state index contributed by atoms with van der Waals surface area (Å²) in [6.07, 6.45) is 0.422. The van der Waals surface area contributed by atoms with Gasteiger partial charge in [-0.1, -0.05) is 35.7 Å². The zero-order valence-electron chi connectivity index (χ0n) is 9.13. The SMILES string of the molecule is CC#CCNC(=O)Cc1ccc(C)cc1. The fraction of sp³-hybridized carbons (Fsp3) is 0.308. The topological polar surface area (TPSA) is 29.1 Å². The number of rotatable bonds is 3. The first-order valence-electron chi connectivity index (χ1n) is 4.94. The minimum Gasteiger partial charge on any atom is -0.345 e. The Morgan fingerprint density at radius 3 is 2.60 bits per heavy atom. The van der Waals surface area contributed by atoms with E-state index < -0.39 is 0 Å². The van der Waals surface area contributed by atoms with E-state index in [2.05, 4.69) is 17.2 Å². The van der Waals surface area contributed by atoms with Crippen LogP contribution in [0.15, 0.2) is 24.3 Å². The van der Waals surface area contributed by atoms with Gasteiger partial charge in [0.2, 0.25) is 5.91 Å². The third kappa shape index (κ3) is 4.33. The summed E-state index contributed by atoms with van der Waals surface area (Å²) in [6, 6.07) is 7.96. The number of carbonyl (C=O) groups is 1. The molecule has 0 saturated carbocycles. The molecule has 0 unspecified atom stereocenters. The lowest BCUT2D eigenvalue weighted by Crippen LogP contribution is -2.25. The second-order valence-electron chi connectivity index (χ2n) is 3.37.